The molecular weight excluding hydrogens is 1630 g/mol. The molecule has 40 atom stereocenters. The van der Waals surface area contributed by atoms with Crippen molar-refractivity contribution in [2.45, 2.75) is 246 Å². The second-order valence-electron chi connectivity index (χ2n) is 29.1. The lowest BCUT2D eigenvalue weighted by atomic mass is 9.94. The highest BCUT2D eigenvalue weighted by Crippen LogP contribution is 2.44. The highest BCUT2D eigenvalue weighted by atomic mass is 32.2. The summed E-state index contributed by atoms with van der Waals surface area (Å²) in [7, 11) is 23.0. The molecule has 0 aromatic heterocycles. The Hall–Kier alpha value is -1.70. The zero-order chi connectivity index (χ0) is 86.0. The molecule has 30 heterocycles. The lowest BCUT2D eigenvalue weighted by Crippen LogP contribution is -2.70. The molecule has 692 valence electrons. The maximum Gasteiger partial charge on any atom is 0.264 e. The summed E-state index contributed by atoms with van der Waals surface area (Å²) < 4.78 is 310. The van der Waals surface area contributed by atoms with Crippen molar-refractivity contribution in [2.24, 2.45) is 0 Å². The Bertz CT molecular complexity index is 3040. The van der Waals surface area contributed by atoms with Crippen LogP contribution >= 0.6 is 0 Å². The van der Waals surface area contributed by atoms with Gasteiger partial charge in [0.2, 0.25) is 0 Å². The Labute approximate surface area is 690 Å². The molecule has 0 saturated carbocycles. The summed E-state index contributed by atoms with van der Waals surface area (Å²) in [5.41, 5.74) is 0. The van der Waals surface area contributed by atoms with Gasteiger partial charge >= 0.3 is 0 Å². The van der Waals surface area contributed by atoms with Crippen LogP contribution < -0.4 is 0 Å². The van der Waals surface area contributed by atoms with E-state index in [2.05, 4.69) is 0 Å². The van der Waals surface area contributed by atoms with E-state index in [9.17, 15) is 16.8 Å². The van der Waals surface area contributed by atoms with E-state index >= 15 is 0 Å². The molecular formula is C72H128O44S2. The van der Waals surface area contributed by atoms with E-state index in [0.717, 1.165) is 12.5 Å². The third kappa shape index (κ3) is 23.1. The third-order valence-electron chi connectivity index (χ3n) is 22.3. The number of rotatable bonds is 34. The topological polar surface area (TPSA) is 437 Å². The number of ether oxygens (including phenoxy) is 38. The van der Waals surface area contributed by atoms with Gasteiger partial charge in [0.05, 0.1) is 65.4 Å². The molecule has 0 radical (unpaired) electrons. The minimum absolute atomic E-state index is 0.123. The number of hydrogen-bond acceptors (Lipinski definition) is 44. The monoisotopic (exact) mass is 1760 g/mol. The van der Waals surface area contributed by atoms with Gasteiger partial charge in [-0.05, 0) is 0 Å². The Morgan fingerprint density at radius 1 is 0.169 bits per heavy atom. The zero-order valence-electron chi connectivity index (χ0n) is 71.5. The van der Waals surface area contributed by atoms with Crippen LogP contribution in [0.25, 0.3) is 0 Å². The van der Waals surface area contributed by atoms with Crippen molar-refractivity contribution in [3.8, 4) is 0 Å². The standard InChI is InChI=1S/C72H128O44S2/c1-77-25-33-41-49(83-7)58(92-16)66(102-33)111-43-35(27-79-3)105-69(61(95-19)51(43)85-9)115-47-39(31-99-117(23,73)74)108-72(64(98-22)55(47)89-13)114-46-38(30-82-6)104-68(60(94-18)54(46)88-12)112-44-36(28-80-4)106-70(62(96-20)52(44)86-10)116-48-40(32-100-118(24,75)76)107-71(63(97-21)56(48)90-14)113-45-37(29-81-5)103-67(59(93-17)53(45)87-11)110-42-34(26-78-2)101-65(109-41)57(91-15)50(42)84-8/h33-72H,25-32H2,1-24H3/t33-,34-,35-,36-,37-,38-,39-,40-,41-,42-,43-,44-,45-,46-,47-,48-,49+,50+,51+,52+,53+,54+,55+,56+,57-,58-,59-,60-,61-,62-,63-,64-,65-,66-,67-,68-,69-,70-,71-,72-/m1/s1. The smallest absolute Gasteiger partial charge is 0.264 e. The second-order valence-corrected chi connectivity index (χ2v) is 32.4. The van der Waals surface area contributed by atoms with Crippen molar-refractivity contribution in [1.82, 2.24) is 0 Å². The zero-order valence-corrected chi connectivity index (χ0v) is 73.2. The van der Waals surface area contributed by atoms with Gasteiger partial charge in [-0.3, -0.25) is 8.37 Å². The molecule has 46 heteroatoms. The fraction of sp³-hybridized carbons (Fsp3) is 1.00. The predicted molar refractivity (Wildman–Crippen MR) is 394 cm³/mol. The van der Waals surface area contributed by atoms with Crippen LogP contribution in [0.1, 0.15) is 0 Å². The first kappa shape index (κ1) is 100. The van der Waals surface area contributed by atoms with Crippen LogP contribution in [0, 0.1) is 0 Å². The van der Waals surface area contributed by atoms with E-state index in [0.29, 0.717) is 0 Å². The van der Waals surface area contributed by atoms with Gasteiger partial charge in [0.15, 0.2) is 50.3 Å². The fourth-order valence-electron chi connectivity index (χ4n) is 17.0. The van der Waals surface area contributed by atoms with E-state index in [1.807, 2.05) is 0 Å². The van der Waals surface area contributed by atoms with Crippen LogP contribution in [0.15, 0.2) is 0 Å². The molecule has 0 aromatic rings. The Balaban J connectivity index is 1.15. The van der Waals surface area contributed by atoms with Crippen LogP contribution in [0.2, 0.25) is 0 Å². The molecule has 30 saturated heterocycles. The quantitative estimate of drug-likeness (QED) is 0.0578. The van der Waals surface area contributed by atoms with Gasteiger partial charge in [-0.1, -0.05) is 0 Å². The molecule has 0 unspecified atom stereocenters. The lowest BCUT2D eigenvalue weighted by Gasteiger charge is -2.53. The second kappa shape index (κ2) is 47.4. The maximum atomic E-state index is 13.1. The van der Waals surface area contributed by atoms with Crippen LogP contribution in [-0.2, 0) is 209 Å². The SMILES string of the molecule is COC[C@H]1O[C@@H]2O[C@H]3[C@H](OC)[C@@H](OC)[C@@H](O[C@H]4[C@H](OC)[C@@H](OC)[C@@H](O[C@H]5[C@H](OC)[C@@H](OC)[C@@H](O[C@H]6[C@H](OC)[C@@H](OC)[C@@H](O[C@H]7[C@H](OC)[C@@H](OC)[C@@H](O[C@H]8[C@H](OC)[C@@H](OC)[C@@H](O[C@H]9[C@H](OC)[C@@H](OC)[C@@H](O[C@H]1[C@H](OC)[C@H]2OC)O[C@@H]9COC)O[C@@H]8COC)O[C@@H]7COS(C)(=O)=O)O[C@@H]6COC)O[C@@H]5COC)O[C@@H]4COS(C)(=O)=O)O[C@@H]3COC. The molecule has 30 aliphatic heterocycles. The number of methoxy groups -OCH3 is 22. The first-order valence-electron chi connectivity index (χ1n) is 38.4. The van der Waals surface area contributed by atoms with E-state index < -0.39 is 279 Å². The van der Waals surface area contributed by atoms with Gasteiger partial charge < -0.3 is 180 Å². The predicted octanol–water partition coefficient (Wildman–Crippen LogP) is -3.05. The Morgan fingerprint density at radius 3 is 0.373 bits per heavy atom. The highest BCUT2D eigenvalue weighted by Gasteiger charge is 2.63. The van der Waals surface area contributed by atoms with E-state index in [1.165, 1.54) is 156 Å². The summed E-state index contributed by atoms with van der Waals surface area (Å²) in [5.74, 6) is 0. The Kier molecular flexibility index (Phi) is 40.2. The van der Waals surface area contributed by atoms with Gasteiger partial charge in [-0.25, -0.2) is 0 Å². The largest absolute Gasteiger partial charge is 0.382 e. The molecule has 0 amide bonds. The van der Waals surface area contributed by atoms with Crippen molar-refractivity contribution in [2.75, 3.05) is 222 Å². The minimum atomic E-state index is -4.21. The van der Waals surface area contributed by atoms with Gasteiger partial charge in [-0.15, -0.1) is 0 Å². The minimum Gasteiger partial charge on any atom is -0.382 e. The van der Waals surface area contributed by atoms with Crippen LogP contribution in [0.3, 0.4) is 0 Å². The molecule has 118 heavy (non-hydrogen) atoms. The highest BCUT2D eigenvalue weighted by molar-refractivity contribution is 7.86. The third-order valence-corrected chi connectivity index (χ3v) is 23.4. The number of hydrogen-bond donors (Lipinski definition) is 0. The van der Waals surface area contributed by atoms with E-state index in [-0.39, 0.29) is 39.6 Å². The molecule has 44 nitrogen and oxygen atoms in total. The van der Waals surface area contributed by atoms with Gasteiger partial charge in [0, 0.05) is 156 Å². The average molecular weight is 1760 g/mol. The molecule has 30 fully saturated rings. The van der Waals surface area contributed by atoms with Crippen molar-refractivity contribution in [1.29, 1.82) is 0 Å². The van der Waals surface area contributed by atoms with Crippen LogP contribution in [-0.4, -0.2) is 484 Å². The van der Waals surface area contributed by atoms with Gasteiger partial charge in [0.25, 0.3) is 20.2 Å². The first-order valence-corrected chi connectivity index (χ1v) is 42.0. The summed E-state index contributed by atoms with van der Waals surface area (Å²) in [5, 5.41) is 0. The van der Waals surface area contributed by atoms with E-state index in [1.54, 1.807) is 0 Å². The fourth-order valence-corrected chi connectivity index (χ4v) is 17.8. The Morgan fingerprint density at radius 2 is 0.280 bits per heavy atom. The maximum absolute atomic E-state index is 13.1. The van der Waals surface area contributed by atoms with Gasteiger partial charge in [0.1, 0.15) is 195 Å². The molecule has 0 N–H and O–H groups in total. The summed E-state index contributed by atoms with van der Waals surface area (Å²) in [6.07, 6.45) is -47.0. The first-order chi connectivity index (χ1) is 56.8. The van der Waals surface area contributed by atoms with Crippen molar-refractivity contribution in [3.05, 3.63) is 0 Å². The van der Waals surface area contributed by atoms with E-state index in [4.69, 9.17) is 188 Å². The van der Waals surface area contributed by atoms with Crippen molar-refractivity contribution < 1.29 is 205 Å². The summed E-state index contributed by atoms with van der Waals surface area (Å²) in [6.45, 7) is -2.30. The molecule has 0 aromatic carbocycles. The summed E-state index contributed by atoms with van der Waals surface area (Å²) in [4.78, 5) is 0. The molecule has 30 aliphatic rings. The summed E-state index contributed by atoms with van der Waals surface area (Å²) in [6, 6.07) is 0. The average Bonchev–Trinajstić information content (AvgIpc) is 0.761. The lowest BCUT2D eigenvalue weighted by molar-refractivity contribution is -0.409. The summed E-state index contributed by atoms with van der Waals surface area (Å²) >= 11 is 0. The van der Waals surface area contributed by atoms with Crippen LogP contribution in [0.4, 0.5) is 0 Å². The van der Waals surface area contributed by atoms with Crippen molar-refractivity contribution in [3.63, 3.8) is 0 Å². The molecule has 0 aliphatic carbocycles. The molecule has 0 spiro atoms. The normalized spacial score (nSPS) is 44.6. The molecule has 16 bridgehead atoms. The molecule has 30 rings (SSSR count). The van der Waals surface area contributed by atoms with Gasteiger partial charge in [-0.2, -0.15) is 16.8 Å². The van der Waals surface area contributed by atoms with Crippen molar-refractivity contribution >= 4 is 20.2 Å². The van der Waals surface area contributed by atoms with Crippen LogP contribution in [0.5, 0.6) is 0 Å².